The molecule has 0 fully saturated rings. The molecule has 0 saturated heterocycles. The zero-order chi connectivity index (χ0) is 18.9. The standard InChI is InChI=1S/C19H21ClN2O3S/c1-14(22(26(2,24)25)17-10-5-9-16(20)13-17)19(23)21-12-6-8-15-7-3-4-11-18(15)21/h3-5,7,9-11,13-14H,6,8,12H2,1-2H3/t14-/m0/s1. The van der Waals surface area contributed by atoms with Crippen molar-refractivity contribution in [3.8, 4) is 0 Å². The maximum absolute atomic E-state index is 13.2. The summed E-state index contributed by atoms with van der Waals surface area (Å²) < 4.78 is 26.0. The summed E-state index contributed by atoms with van der Waals surface area (Å²) in [6.07, 6.45) is 2.87. The van der Waals surface area contributed by atoms with Crippen molar-refractivity contribution in [2.75, 3.05) is 22.0 Å². The number of carbonyl (C=O) groups is 1. The zero-order valence-corrected chi connectivity index (χ0v) is 16.3. The summed E-state index contributed by atoms with van der Waals surface area (Å²) in [5.41, 5.74) is 2.34. The van der Waals surface area contributed by atoms with Gasteiger partial charge in [-0.15, -0.1) is 0 Å². The average Bonchev–Trinajstić information content (AvgIpc) is 2.59. The Morgan fingerprint density at radius 3 is 2.62 bits per heavy atom. The van der Waals surface area contributed by atoms with Crippen molar-refractivity contribution in [1.29, 1.82) is 0 Å². The molecule has 2 aromatic carbocycles. The molecular formula is C19H21ClN2O3S. The number of hydrogen-bond acceptors (Lipinski definition) is 3. The van der Waals surface area contributed by atoms with E-state index >= 15 is 0 Å². The highest BCUT2D eigenvalue weighted by Crippen LogP contribution is 2.30. The predicted molar refractivity (Wildman–Crippen MR) is 105 cm³/mol. The van der Waals surface area contributed by atoms with E-state index in [2.05, 4.69) is 0 Å². The van der Waals surface area contributed by atoms with E-state index in [4.69, 9.17) is 11.6 Å². The summed E-state index contributed by atoms with van der Waals surface area (Å²) in [6, 6.07) is 13.4. The van der Waals surface area contributed by atoms with E-state index in [1.807, 2.05) is 24.3 Å². The third-order valence-electron chi connectivity index (χ3n) is 4.51. The van der Waals surface area contributed by atoms with Crippen molar-refractivity contribution >= 4 is 38.9 Å². The maximum atomic E-state index is 13.2. The fraction of sp³-hybridized carbons (Fsp3) is 0.316. The molecule has 1 aliphatic rings. The van der Waals surface area contributed by atoms with E-state index in [9.17, 15) is 13.2 Å². The Morgan fingerprint density at radius 2 is 1.92 bits per heavy atom. The fourth-order valence-corrected chi connectivity index (χ4v) is 4.75. The Balaban J connectivity index is 1.98. The Labute approximate surface area is 159 Å². The number of amides is 1. The highest BCUT2D eigenvalue weighted by Gasteiger charge is 2.34. The van der Waals surface area contributed by atoms with Gasteiger partial charge >= 0.3 is 0 Å². The maximum Gasteiger partial charge on any atom is 0.250 e. The Bertz CT molecular complexity index is 930. The molecule has 0 aromatic heterocycles. The summed E-state index contributed by atoms with van der Waals surface area (Å²) in [5.74, 6) is -0.248. The quantitative estimate of drug-likeness (QED) is 0.800. The van der Waals surface area contributed by atoms with Gasteiger partial charge in [-0.1, -0.05) is 35.9 Å². The molecule has 26 heavy (non-hydrogen) atoms. The van der Waals surface area contributed by atoms with Gasteiger partial charge in [-0.25, -0.2) is 8.42 Å². The van der Waals surface area contributed by atoms with E-state index < -0.39 is 16.1 Å². The molecular weight excluding hydrogens is 372 g/mol. The van der Waals surface area contributed by atoms with Crippen LogP contribution in [-0.4, -0.2) is 33.2 Å². The Hall–Kier alpha value is -2.05. The number of anilines is 2. The number of carbonyl (C=O) groups excluding carboxylic acids is 1. The van der Waals surface area contributed by atoms with Crippen molar-refractivity contribution in [3.05, 3.63) is 59.1 Å². The largest absolute Gasteiger partial charge is 0.310 e. The average molecular weight is 393 g/mol. The van der Waals surface area contributed by atoms with E-state index in [0.29, 0.717) is 17.3 Å². The molecule has 2 aromatic rings. The minimum atomic E-state index is -3.67. The number of halogens is 1. The lowest BCUT2D eigenvalue weighted by molar-refractivity contribution is -0.119. The predicted octanol–water partition coefficient (Wildman–Crippen LogP) is 3.47. The summed E-state index contributed by atoms with van der Waals surface area (Å²) in [7, 11) is -3.67. The first kappa shape index (κ1) is 18.7. The van der Waals surface area contributed by atoms with Gasteiger partial charge in [-0.2, -0.15) is 0 Å². The second kappa shape index (κ2) is 7.29. The highest BCUT2D eigenvalue weighted by atomic mass is 35.5. The zero-order valence-electron chi connectivity index (χ0n) is 14.7. The van der Waals surface area contributed by atoms with Gasteiger partial charge in [0.2, 0.25) is 10.0 Å². The van der Waals surface area contributed by atoms with Crippen molar-refractivity contribution in [2.24, 2.45) is 0 Å². The fourth-order valence-electron chi connectivity index (χ4n) is 3.40. The first-order valence-corrected chi connectivity index (χ1v) is 10.7. The Kier molecular flexibility index (Phi) is 5.25. The minimum absolute atomic E-state index is 0.248. The van der Waals surface area contributed by atoms with Crippen LogP contribution in [0.4, 0.5) is 11.4 Å². The lowest BCUT2D eigenvalue weighted by Crippen LogP contribution is -2.50. The van der Waals surface area contributed by atoms with Crippen molar-refractivity contribution in [1.82, 2.24) is 0 Å². The molecule has 0 N–H and O–H groups in total. The first-order valence-electron chi connectivity index (χ1n) is 8.43. The molecule has 0 radical (unpaired) electrons. The number of hydrogen-bond donors (Lipinski definition) is 0. The molecule has 5 nitrogen and oxygen atoms in total. The Morgan fingerprint density at radius 1 is 1.19 bits per heavy atom. The van der Waals surface area contributed by atoms with Crippen LogP contribution in [0, 0.1) is 0 Å². The molecule has 0 bridgehead atoms. The molecule has 1 aliphatic heterocycles. The SMILES string of the molecule is C[C@@H](C(=O)N1CCCc2ccccc21)N(c1cccc(Cl)c1)S(C)(=O)=O. The van der Waals surface area contributed by atoms with Gasteiger partial charge in [0.05, 0.1) is 11.9 Å². The number of nitrogens with zero attached hydrogens (tertiary/aromatic N) is 2. The number of benzene rings is 2. The summed E-state index contributed by atoms with van der Waals surface area (Å²) in [4.78, 5) is 14.9. The van der Waals surface area contributed by atoms with Gasteiger partial charge in [0.1, 0.15) is 6.04 Å². The van der Waals surface area contributed by atoms with Crippen molar-refractivity contribution in [2.45, 2.75) is 25.8 Å². The van der Waals surface area contributed by atoms with Gasteiger partial charge in [-0.3, -0.25) is 9.10 Å². The van der Waals surface area contributed by atoms with Gasteiger partial charge in [0, 0.05) is 17.3 Å². The van der Waals surface area contributed by atoms with Gasteiger partial charge < -0.3 is 4.90 Å². The van der Waals surface area contributed by atoms with Crippen molar-refractivity contribution < 1.29 is 13.2 Å². The third-order valence-corrected chi connectivity index (χ3v) is 5.98. The smallest absolute Gasteiger partial charge is 0.250 e. The lowest BCUT2D eigenvalue weighted by Gasteiger charge is -2.35. The third kappa shape index (κ3) is 3.71. The molecule has 1 atom stereocenters. The molecule has 0 saturated carbocycles. The van der Waals surface area contributed by atoms with Crippen LogP contribution in [0.1, 0.15) is 18.9 Å². The number of aryl methyl sites for hydroxylation is 1. The lowest BCUT2D eigenvalue weighted by atomic mass is 10.0. The van der Waals surface area contributed by atoms with E-state index in [-0.39, 0.29) is 5.91 Å². The topological polar surface area (TPSA) is 57.7 Å². The molecule has 0 unspecified atom stereocenters. The van der Waals surface area contributed by atoms with Gasteiger partial charge in [0.15, 0.2) is 0 Å². The van der Waals surface area contributed by atoms with Crippen LogP contribution < -0.4 is 9.21 Å². The molecule has 0 aliphatic carbocycles. The van der Waals surface area contributed by atoms with Crippen LogP contribution in [0.5, 0.6) is 0 Å². The number of sulfonamides is 1. The molecule has 138 valence electrons. The van der Waals surface area contributed by atoms with Crippen molar-refractivity contribution in [3.63, 3.8) is 0 Å². The molecule has 3 rings (SSSR count). The minimum Gasteiger partial charge on any atom is -0.310 e. The molecule has 1 heterocycles. The summed E-state index contributed by atoms with van der Waals surface area (Å²) in [6.45, 7) is 2.19. The normalized spacial score (nSPS) is 15.3. The second-order valence-electron chi connectivity index (χ2n) is 6.44. The molecule has 1 amide bonds. The van der Waals surface area contributed by atoms with Crippen LogP contribution in [0.25, 0.3) is 0 Å². The van der Waals surface area contributed by atoms with Gasteiger partial charge in [0.25, 0.3) is 5.91 Å². The van der Waals surface area contributed by atoms with Crippen LogP contribution in [0.3, 0.4) is 0 Å². The van der Waals surface area contributed by atoms with Crippen LogP contribution in [0.2, 0.25) is 5.02 Å². The highest BCUT2D eigenvalue weighted by molar-refractivity contribution is 7.92. The van der Waals surface area contributed by atoms with Crippen LogP contribution in [-0.2, 0) is 21.2 Å². The second-order valence-corrected chi connectivity index (χ2v) is 8.73. The molecule has 0 spiro atoms. The number of rotatable bonds is 4. The monoisotopic (exact) mass is 392 g/mol. The van der Waals surface area contributed by atoms with Crippen LogP contribution in [0.15, 0.2) is 48.5 Å². The summed E-state index contributed by atoms with van der Waals surface area (Å²) in [5, 5.41) is 0.416. The first-order chi connectivity index (χ1) is 12.3. The summed E-state index contributed by atoms with van der Waals surface area (Å²) >= 11 is 6.02. The molecule has 7 heteroatoms. The van der Waals surface area contributed by atoms with Gasteiger partial charge in [-0.05, 0) is 49.6 Å². The van der Waals surface area contributed by atoms with E-state index in [1.165, 1.54) is 0 Å². The van der Waals surface area contributed by atoms with Crippen LogP contribution >= 0.6 is 11.6 Å². The number of para-hydroxylation sites is 1. The van der Waals surface area contributed by atoms with E-state index in [0.717, 1.165) is 34.7 Å². The number of fused-ring (bicyclic) bond motifs is 1. The van der Waals surface area contributed by atoms with E-state index in [1.54, 1.807) is 36.1 Å².